The van der Waals surface area contributed by atoms with E-state index in [1.165, 1.54) is 18.3 Å². The van der Waals surface area contributed by atoms with Gasteiger partial charge in [0.2, 0.25) is 0 Å². The average molecular weight is 407 g/mol. The summed E-state index contributed by atoms with van der Waals surface area (Å²) in [5.74, 6) is -1.01. The number of nitrogens with zero attached hydrogens (tertiary/aromatic N) is 3. The Bertz CT molecular complexity index is 600. The zero-order valence-corrected chi connectivity index (χ0v) is 18.3. The molecule has 0 aliphatic heterocycles. The molecule has 2 rings (SSSR count). The summed E-state index contributed by atoms with van der Waals surface area (Å²) >= 11 is 0. The Labute approximate surface area is 178 Å². The number of benzene rings is 2. The summed E-state index contributed by atoms with van der Waals surface area (Å²) in [6.45, 7) is 12.1. The van der Waals surface area contributed by atoms with Crippen LogP contribution < -0.4 is 0 Å². The van der Waals surface area contributed by atoms with Crippen LogP contribution >= 0.6 is 0 Å². The number of rotatable bonds is 6. The first-order valence-electron chi connectivity index (χ1n) is 8.93. The van der Waals surface area contributed by atoms with Crippen molar-refractivity contribution in [2.45, 2.75) is 27.7 Å². The topological polar surface area (TPSA) is 60.8 Å². The second-order valence-electron chi connectivity index (χ2n) is 4.98. The molecule has 0 bridgehead atoms. The number of hydrogen-bond donors (Lipinski definition) is 1. The van der Waals surface area contributed by atoms with Gasteiger partial charge in [-0.3, -0.25) is 4.99 Å². The van der Waals surface area contributed by atoms with Crippen LogP contribution in [-0.4, -0.2) is 37.5 Å². The fourth-order valence-corrected chi connectivity index (χ4v) is 1.74. The Balaban J connectivity index is 0. The summed E-state index contributed by atoms with van der Waals surface area (Å²) in [6.07, 6.45) is 1.44. The number of para-hydroxylation sites is 2. The van der Waals surface area contributed by atoms with Gasteiger partial charge >= 0.3 is 21.7 Å². The number of hydrogen-bond acceptors (Lipinski definition) is 2. The third-order valence-corrected chi connectivity index (χ3v) is 3.02. The Morgan fingerprint density at radius 2 is 1.37 bits per heavy atom. The summed E-state index contributed by atoms with van der Waals surface area (Å²) in [7, 11) is 0. The fraction of sp³-hybridized carbons (Fsp3) is 0.381. The van der Waals surface area contributed by atoms with Gasteiger partial charge in [-0.1, -0.05) is 52.0 Å². The summed E-state index contributed by atoms with van der Waals surface area (Å²) in [6, 6.07) is 13.6. The van der Waals surface area contributed by atoms with Crippen LogP contribution in [0.15, 0.2) is 53.5 Å². The van der Waals surface area contributed by atoms with Crippen LogP contribution in [0.1, 0.15) is 33.3 Å². The number of phenolic OH excluding ortho intramolecular Hbond substituents is 1. The Morgan fingerprint density at radius 1 is 0.852 bits per heavy atom. The number of phenols is 1. The Kier molecular flexibility index (Phi) is 19.7. The minimum atomic E-state index is -0.642. The van der Waals surface area contributed by atoms with Crippen molar-refractivity contribution in [3.63, 3.8) is 0 Å². The van der Waals surface area contributed by atoms with Crippen LogP contribution in [0.4, 0.5) is 10.1 Å². The van der Waals surface area contributed by atoms with Crippen molar-refractivity contribution in [2.75, 3.05) is 26.2 Å². The summed E-state index contributed by atoms with van der Waals surface area (Å²) < 4.78 is 13.0. The maximum atomic E-state index is 13.0. The second-order valence-corrected chi connectivity index (χ2v) is 4.98. The van der Waals surface area contributed by atoms with Gasteiger partial charge in [0.05, 0.1) is 5.69 Å². The molecule has 27 heavy (non-hydrogen) atoms. The third kappa shape index (κ3) is 14.2. The fourth-order valence-electron chi connectivity index (χ4n) is 1.74. The molecule has 0 amide bonds. The molecule has 6 heteroatoms. The molecule has 0 fully saturated rings. The molecule has 0 heterocycles. The quantitative estimate of drug-likeness (QED) is 0.458. The van der Waals surface area contributed by atoms with Gasteiger partial charge in [-0.05, 0) is 24.3 Å². The van der Waals surface area contributed by atoms with E-state index in [-0.39, 0.29) is 27.5 Å². The van der Waals surface area contributed by atoms with Gasteiger partial charge in [0.15, 0.2) is 11.6 Å². The molecular weight excluding hydrogens is 377 g/mol. The van der Waals surface area contributed by atoms with Gasteiger partial charge in [0.25, 0.3) is 0 Å². The molecule has 4 nitrogen and oxygen atoms in total. The summed E-state index contributed by atoms with van der Waals surface area (Å²) in [5, 5.41) is 17.4. The minimum absolute atomic E-state index is 0. The van der Waals surface area contributed by atoms with E-state index < -0.39 is 5.82 Å². The van der Waals surface area contributed by atoms with Crippen molar-refractivity contribution in [3.8, 4) is 5.75 Å². The zero-order chi connectivity index (χ0) is 19.6. The molecule has 2 aromatic rings. The number of aliphatic imine (C=N–C) groups is 1. The summed E-state index contributed by atoms with van der Waals surface area (Å²) in [4.78, 5) is 4.13. The largest absolute Gasteiger partial charge is 2.00 e. The van der Waals surface area contributed by atoms with Gasteiger partial charge in [-0.2, -0.15) is 26.2 Å². The average Bonchev–Trinajstić information content (AvgIpc) is 2.66. The smallest absolute Gasteiger partial charge is 0.663 e. The molecule has 0 atom stereocenters. The molecule has 0 aliphatic carbocycles. The predicted octanol–water partition coefficient (Wildman–Crippen LogP) is 6.08. The molecule has 0 saturated heterocycles. The predicted molar refractivity (Wildman–Crippen MR) is 111 cm³/mol. The van der Waals surface area contributed by atoms with Gasteiger partial charge in [0.1, 0.15) is 0 Å². The third-order valence-electron chi connectivity index (χ3n) is 3.02. The van der Waals surface area contributed by atoms with Crippen LogP contribution in [0, 0.1) is 5.82 Å². The maximum Gasteiger partial charge on any atom is 2.00 e. The molecule has 0 spiro atoms. The van der Waals surface area contributed by atoms with E-state index in [4.69, 9.17) is 0 Å². The molecule has 2 aromatic carbocycles. The van der Waals surface area contributed by atoms with Crippen molar-refractivity contribution in [1.82, 2.24) is 0 Å². The molecule has 0 saturated carbocycles. The van der Waals surface area contributed by atoms with Crippen LogP contribution in [-0.2, 0) is 21.7 Å². The van der Waals surface area contributed by atoms with Crippen molar-refractivity contribution >= 4 is 11.9 Å². The van der Waals surface area contributed by atoms with E-state index in [1.54, 1.807) is 6.07 Å². The van der Waals surface area contributed by atoms with E-state index >= 15 is 0 Å². The maximum absolute atomic E-state index is 13.0. The second kappa shape index (κ2) is 19.2. The van der Waals surface area contributed by atoms with Crippen molar-refractivity contribution in [2.24, 2.45) is 4.99 Å². The van der Waals surface area contributed by atoms with Crippen LogP contribution in [0.2, 0.25) is 0 Å². The van der Waals surface area contributed by atoms with E-state index in [0.717, 1.165) is 31.9 Å². The van der Waals surface area contributed by atoms with E-state index in [9.17, 15) is 9.50 Å². The van der Waals surface area contributed by atoms with E-state index in [1.807, 2.05) is 58.0 Å². The van der Waals surface area contributed by atoms with Gasteiger partial charge in [-0.25, -0.2) is 4.39 Å². The number of aromatic hydroxyl groups is 1. The van der Waals surface area contributed by atoms with E-state index in [0.29, 0.717) is 5.56 Å². The Morgan fingerprint density at radius 3 is 1.81 bits per heavy atom. The number of halogens is 1. The first kappa shape index (κ1) is 27.7. The van der Waals surface area contributed by atoms with Gasteiger partial charge in [-0.15, -0.1) is 0 Å². The van der Waals surface area contributed by atoms with E-state index in [2.05, 4.69) is 15.6 Å². The first-order valence-corrected chi connectivity index (χ1v) is 8.93. The van der Waals surface area contributed by atoms with Crippen LogP contribution in [0.5, 0.6) is 5.75 Å². The monoisotopic (exact) mass is 407 g/mol. The van der Waals surface area contributed by atoms with Crippen molar-refractivity contribution in [3.05, 3.63) is 70.5 Å². The Hall–Kier alpha value is -1.53. The van der Waals surface area contributed by atoms with Crippen LogP contribution in [0.25, 0.3) is 10.6 Å². The SMILES string of the molecule is CC[N-]CC.CC[N-]CC.Oc1c(F)cccc1C=Nc1ccccc1.[Ti+2]. The van der Waals surface area contributed by atoms with Gasteiger partial charge in [0, 0.05) is 11.8 Å². The minimum Gasteiger partial charge on any atom is -0.663 e. The molecule has 146 valence electrons. The van der Waals surface area contributed by atoms with Crippen molar-refractivity contribution in [1.29, 1.82) is 0 Å². The zero-order valence-electron chi connectivity index (χ0n) is 16.7. The molecule has 0 radical (unpaired) electrons. The normalized spacial score (nSPS) is 9.52. The molecule has 0 aromatic heterocycles. The first-order chi connectivity index (χ1) is 12.6. The molecule has 0 aliphatic rings. The molecule has 0 unspecified atom stereocenters. The summed E-state index contributed by atoms with van der Waals surface area (Å²) in [5.41, 5.74) is 1.12. The molecular formula is C21H30FN3OTi. The standard InChI is InChI=1S/C13H10FNO.2C4H10N.Ti/c14-12-8-4-5-10(13(12)16)9-15-11-6-2-1-3-7-11;2*1-3-5-4-2;/h1-9,16H;2*3-4H2,1-2H3;/q;2*-1;+2. The van der Waals surface area contributed by atoms with Crippen LogP contribution in [0.3, 0.4) is 0 Å². The molecule has 1 N–H and O–H groups in total. The van der Waals surface area contributed by atoms with Crippen molar-refractivity contribution < 1.29 is 31.2 Å². The van der Waals surface area contributed by atoms with Gasteiger partial charge < -0.3 is 15.7 Å².